The number of anilines is 1. The van der Waals surface area contributed by atoms with Crippen LogP contribution < -0.4 is 15.6 Å². The van der Waals surface area contributed by atoms with Gasteiger partial charge in [-0.15, -0.1) is 11.3 Å². The number of para-hydroxylation sites is 2. The lowest BCUT2D eigenvalue weighted by atomic mass is 10.2. The summed E-state index contributed by atoms with van der Waals surface area (Å²) in [5.41, 5.74) is 0.632. The molecule has 146 valence electrons. The number of nitrogens with one attached hydrogen (secondary N) is 1. The van der Waals surface area contributed by atoms with Gasteiger partial charge in [0.15, 0.2) is 4.96 Å². The number of nitrogens with zero attached hydrogens (tertiary/aromatic N) is 2. The van der Waals surface area contributed by atoms with E-state index in [1.807, 2.05) is 6.92 Å². The van der Waals surface area contributed by atoms with Crippen molar-refractivity contribution in [1.82, 2.24) is 9.38 Å². The summed E-state index contributed by atoms with van der Waals surface area (Å²) in [6, 6.07) is 14.0. The van der Waals surface area contributed by atoms with E-state index in [0.717, 1.165) is 4.88 Å². The molecule has 0 aliphatic heterocycles. The number of amides is 1. The summed E-state index contributed by atoms with van der Waals surface area (Å²) >= 11 is 1.42. The Bertz CT molecular complexity index is 1270. The van der Waals surface area contributed by atoms with Crippen molar-refractivity contribution in [2.24, 2.45) is 0 Å². The zero-order valence-electron chi connectivity index (χ0n) is 15.4. The first-order valence-electron chi connectivity index (χ1n) is 8.78. The lowest BCUT2D eigenvalue weighted by Gasteiger charge is -2.12. The molecule has 0 saturated carbocycles. The fraction of sp³-hybridized carbons (Fsp3) is 0.0952. The first-order chi connectivity index (χ1) is 14.0. The number of aromatic nitrogens is 2. The maximum Gasteiger partial charge on any atom is 0.258 e. The van der Waals surface area contributed by atoms with Crippen molar-refractivity contribution < 1.29 is 13.9 Å². The average Bonchev–Trinajstić information content (AvgIpc) is 3.08. The highest BCUT2D eigenvalue weighted by Crippen LogP contribution is 2.25. The number of hydrogen-bond donors (Lipinski definition) is 1. The van der Waals surface area contributed by atoms with Crippen LogP contribution in [0.3, 0.4) is 0 Å². The van der Waals surface area contributed by atoms with Gasteiger partial charge < -0.3 is 10.1 Å². The number of fused-ring (bicyclic) bond motifs is 1. The van der Waals surface area contributed by atoms with Crippen molar-refractivity contribution in [2.45, 2.75) is 13.5 Å². The van der Waals surface area contributed by atoms with E-state index in [-0.39, 0.29) is 17.7 Å². The fourth-order valence-corrected chi connectivity index (χ4v) is 3.66. The number of aryl methyl sites for hydroxylation is 1. The maximum absolute atomic E-state index is 13.8. The molecule has 1 amide bonds. The molecule has 0 aliphatic rings. The van der Waals surface area contributed by atoms with Crippen LogP contribution >= 0.6 is 11.3 Å². The maximum atomic E-state index is 13.8. The zero-order valence-corrected chi connectivity index (χ0v) is 16.2. The van der Waals surface area contributed by atoms with Gasteiger partial charge in [0.2, 0.25) is 0 Å². The molecule has 0 fully saturated rings. The third-order valence-corrected chi connectivity index (χ3v) is 5.06. The van der Waals surface area contributed by atoms with E-state index in [4.69, 9.17) is 4.74 Å². The van der Waals surface area contributed by atoms with Crippen molar-refractivity contribution in [3.63, 3.8) is 0 Å². The van der Waals surface area contributed by atoms with Crippen LogP contribution in [0.2, 0.25) is 0 Å². The van der Waals surface area contributed by atoms with E-state index in [2.05, 4.69) is 10.3 Å². The Hall–Kier alpha value is -3.52. The second kappa shape index (κ2) is 7.84. The molecule has 0 aliphatic carbocycles. The SMILES string of the molecule is Cc1cn2c(=O)cc(COc3ccccc3NC(=O)c3ccccc3F)nc2s1. The molecule has 0 atom stereocenters. The molecule has 0 bridgehead atoms. The summed E-state index contributed by atoms with van der Waals surface area (Å²) in [5.74, 6) is -0.792. The highest BCUT2D eigenvalue weighted by atomic mass is 32.1. The first kappa shape index (κ1) is 18.8. The molecule has 0 unspecified atom stereocenters. The highest BCUT2D eigenvalue weighted by molar-refractivity contribution is 7.16. The van der Waals surface area contributed by atoms with Crippen LogP contribution in [0.1, 0.15) is 20.9 Å². The molecule has 0 saturated heterocycles. The molecule has 2 aromatic carbocycles. The van der Waals surface area contributed by atoms with Crippen LogP contribution in [0, 0.1) is 12.7 Å². The van der Waals surface area contributed by atoms with E-state index < -0.39 is 11.7 Å². The number of rotatable bonds is 5. The summed E-state index contributed by atoms with van der Waals surface area (Å²) in [4.78, 5) is 30.6. The van der Waals surface area contributed by atoms with Crippen LogP contribution in [-0.4, -0.2) is 15.3 Å². The predicted octanol–water partition coefficient (Wildman–Crippen LogP) is 4.03. The Morgan fingerprint density at radius 1 is 1.21 bits per heavy atom. The molecule has 2 aromatic heterocycles. The van der Waals surface area contributed by atoms with Gasteiger partial charge in [0, 0.05) is 17.1 Å². The summed E-state index contributed by atoms with van der Waals surface area (Å²) in [7, 11) is 0. The van der Waals surface area contributed by atoms with Gasteiger partial charge >= 0.3 is 0 Å². The Balaban J connectivity index is 1.54. The first-order valence-corrected chi connectivity index (χ1v) is 9.59. The number of carbonyl (C=O) groups excluding carboxylic acids is 1. The topological polar surface area (TPSA) is 72.7 Å². The van der Waals surface area contributed by atoms with Crippen LogP contribution in [0.4, 0.5) is 10.1 Å². The summed E-state index contributed by atoms with van der Waals surface area (Å²) < 4.78 is 21.1. The summed E-state index contributed by atoms with van der Waals surface area (Å²) in [5, 5.41) is 2.66. The average molecular weight is 409 g/mol. The standard InChI is InChI=1S/C21H16FN3O3S/c1-13-11-25-19(26)10-14(23-21(25)29-13)12-28-18-9-5-4-8-17(18)24-20(27)15-6-2-3-7-16(15)22/h2-11H,12H2,1H3,(H,24,27). The van der Waals surface area contributed by atoms with Crippen molar-refractivity contribution in [2.75, 3.05) is 5.32 Å². The predicted molar refractivity (Wildman–Crippen MR) is 109 cm³/mol. The van der Waals surface area contributed by atoms with Gasteiger partial charge in [-0.05, 0) is 31.2 Å². The van der Waals surface area contributed by atoms with Gasteiger partial charge in [-0.2, -0.15) is 0 Å². The van der Waals surface area contributed by atoms with E-state index in [9.17, 15) is 14.0 Å². The van der Waals surface area contributed by atoms with Gasteiger partial charge in [0.1, 0.15) is 18.2 Å². The number of carbonyl (C=O) groups is 1. The van der Waals surface area contributed by atoms with Crippen LogP contribution in [0.15, 0.2) is 65.6 Å². The molecular formula is C21H16FN3O3S. The Labute approximate surface area is 169 Å². The number of hydrogen-bond acceptors (Lipinski definition) is 5. The summed E-state index contributed by atoms with van der Waals surface area (Å²) in [6.07, 6.45) is 1.74. The van der Waals surface area contributed by atoms with E-state index >= 15 is 0 Å². The lowest BCUT2D eigenvalue weighted by molar-refractivity contribution is 0.102. The summed E-state index contributed by atoms with van der Waals surface area (Å²) in [6.45, 7) is 1.96. The van der Waals surface area contributed by atoms with E-state index in [0.29, 0.717) is 22.1 Å². The smallest absolute Gasteiger partial charge is 0.258 e. The third kappa shape index (κ3) is 4.02. The molecular weight excluding hydrogens is 393 g/mol. The Morgan fingerprint density at radius 2 is 1.97 bits per heavy atom. The number of ether oxygens (including phenoxy) is 1. The van der Waals surface area contributed by atoms with Gasteiger partial charge in [0.05, 0.1) is 16.9 Å². The number of thiazole rings is 1. The fourth-order valence-electron chi connectivity index (χ4n) is 2.81. The zero-order chi connectivity index (χ0) is 20.4. The molecule has 6 nitrogen and oxygen atoms in total. The Kier molecular flexibility index (Phi) is 5.09. The third-order valence-electron chi connectivity index (χ3n) is 4.17. The second-order valence-corrected chi connectivity index (χ2v) is 7.51. The minimum absolute atomic E-state index is 0.0509. The minimum atomic E-state index is -0.604. The molecule has 0 radical (unpaired) electrons. The van der Waals surface area contributed by atoms with Crippen LogP contribution in [0.5, 0.6) is 5.75 Å². The van der Waals surface area contributed by atoms with Crippen molar-refractivity contribution in [3.8, 4) is 5.75 Å². The van der Waals surface area contributed by atoms with Gasteiger partial charge in [0.25, 0.3) is 11.5 Å². The molecule has 0 spiro atoms. The van der Waals surface area contributed by atoms with Crippen molar-refractivity contribution in [1.29, 1.82) is 0 Å². The van der Waals surface area contributed by atoms with Gasteiger partial charge in [-0.25, -0.2) is 9.37 Å². The normalized spacial score (nSPS) is 10.8. The van der Waals surface area contributed by atoms with E-state index in [1.165, 1.54) is 40.0 Å². The lowest BCUT2D eigenvalue weighted by Crippen LogP contribution is -2.16. The molecule has 4 rings (SSSR count). The van der Waals surface area contributed by atoms with Crippen molar-refractivity contribution >= 4 is 27.9 Å². The molecule has 2 heterocycles. The van der Waals surface area contributed by atoms with Crippen LogP contribution in [-0.2, 0) is 6.61 Å². The van der Waals surface area contributed by atoms with E-state index in [1.54, 1.807) is 36.5 Å². The number of halogens is 1. The van der Waals surface area contributed by atoms with Gasteiger partial charge in [-0.3, -0.25) is 14.0 Å². The highest BCUT2D eigenvalue weighted by Gasteiger charge is 2.14. The molecule has 29 heavy (non-hydrogen) atoms. The largest absolute Gasteiger partial charge is 0.485 e. The monoisotopic (exact) mass is 409 g/mol. The van der Waals surface area contributed by atoms with Crippen molar-refractivity contribution in [3.05, 3.63) is 93.1 Å². The quantitative estimate of drug-likeness (QED) is 0.540. The van der Waals surface area contributed by atoms with Gasteiger partial charge in [-0.1, -0.05) is 24.3 Å². The number of benzene rings is 2. The molecule has 4 aromatic rings. The van der Waals surface area contributed by atoms with Crippen LogP contribution in [0.25, 0.3) is 4.96 Å². The molecule has 1 N–H and O–H groups in total. The second-order valence-electron chi connectivity index (χ2n) is 6.30. The molecule has 8 heteroatoms. The Morgan fingerprint density at radius 3 is 2.79 bits per heavy atom. The minimum Gasteiger partial charge on any atom is -0.485 e.